The van der Waals surface area contributed by atoms with Gasteiger partial charge in [-0.25, -0.2) is 8.42 Å². The first-order chi connectivity index (χ1) is 13.5. The number of rotatable bonds is 4. The fourth-order valence-corrected chi connectivity index (χ4v) is 5.71. The van der Waals surface area contributed by atoms with Crippen molar-refractivity contribution in [3.63, 3.8) is 0 Å². The lowest BCUT2D eigenvalue weighted by Gasteiger charge is -2.39. The molecule has 152 valence electrons. The zero-order chi connectivity index (χ0) is 19.6. The topological polar surface area (TPSA) is 81.8 Å². The smallest absolute Gasteiger partial charge is 0.236 e. The van der Waals surface area contributed by atoms with Gasteiger partial charge in [-0.1, -0.05) is 36.8 Å². The van der Waals surface area contributed by atoms with E-state index in [9.17, 15) is 13.2 Å². The first-order valence-electron chi connectivity index (χ1n) is 10.0. The second-order valence-corrected chi connectivity index (χ2v) is 9.65. The Morgan fingerprint density at radius 3 is 2.57 bits per heavy atom. The normalized spacial score (nSPS) is 29.1. The van der Waals surface area contributed by atoms with Crippen LogP contribution in [0.4, 0.5) is 0 Å². The van der Waals surface area contributed by atoms with Crippen molar-refractivity contribution in [2.75, 3.05) is 32.7 Å². The number of nitrogens with zero attached hydrogens (tertiary/aromatic N) is 2. The molecule has 3 fully saturated rings. The number of hydrazine groups is 1. The van der Waals surface area contributed by atoms with E-state index >= 15 is 0 Å². The minimum atomic E-state index is -3.48. The van der Waals surface area contributed by atoms with Crippen LogP contribution in [0.2, 0.25) is 0 Å². The first-order valence-corrected chi connectivity index (χ1v) is 11.6. The summed E-state index contributed by atoms with van der Waals surface area (Å²) >= 11 is 0. The molecule has 2 aliphatic heterocycles. The molecule has 0 radical (unpaired) electrons. The molecule has 1 aromatic rings. The third-order valence-corrected chi connectivity index (χ3v) is 7.69. The monoisotopic (exact) mass is 404 g/mol. The van der Waals surface area contributed by atoms with Crippen LogP contribution in [-0.2, 0) is 14.8 Å². The molecular formula is C20H28N4O3S. The van der Waals surface area contributed by atoms with E-state index < -0.39 is 10.0 Å². The molecule has 2 saturated heterocycles. The Morgan fingerprint density at radius 2 is 1.82 bits per heavy atom. The Labute approximate surface area is 166 Å². The lowest BCUT2D eigenvalue weighted by molar-refractivity contribution is -0.139. The van der Waals surface area contributed by atoms with Gasteiger partial charge < -0.3 is 4.90 Å². The molecule has 8 heteroatoms. The van der Waals surface area contributed by atoms with Gasteiger partial charge in [-0.3, -0.25) is 15.6 Å². The molecule has 1 saturated carbocycles. The lowest BCUT2D eigenvalue weighted by Crippen LogP contribution is -2.55. The molecule has 3 atom stereocenters. The molecule has 1 aliphatic carbocycles. The van der Waals surface area contributed by atoms with Crippen LogP contribution in [0, 0.1) is 11.8 Å². The van der Waals surface area contributed by atoms with E-state index in [-0.39, 0.29) is 17.9 Å². The van der Waals surface area contributed by atoms with E-state index in [1.807, 2.05) is 35.2 Å². The summed E-state index contributed by atoms with van der Waals surface area (Å²) in [4.78, 5) is 14.9. The van der Waals surface area contributed by atoms with Gasteiger partial charge >= 0.3 is 0 Å². The van der Waals surface area contributed by atoms with Gasteiger partial charge in [-0.2, -0.15) is 4.31 Å². The standard InChI is InChI=1S/C20H28N4O3S/c25-20(18-8-4-7-17-15-21-22-19(17)18)23-10-12-24(13-11-23)28(26,27)14-9-16-5-2-1-3-6-16/h1-3,5-6,9,14,17-19,21-22H,4,7-8,10-13,15H2/b14-9+. The highest BCUT2D eigenvalue weighted by Gasteiger charge is 2.42. The summed E-state index contributed by atoms with van der Waals surface area (Å²) in [5, 5.41) is 1.26. The second kappa shape index (κ2) is 8.32. The summed E-state index contributed by atoms with van der Waals surface area (Å²) in [5.74, 6) is 0.685. The largest absolute Gasteiger partial charge is 0.340 e. The van der Waals surface area contributed by atoms with E-state index in [1.165, 1.54) is 9.71 Å². The number of sulfonamides is 1. The second-order valence-electron chi connectivity index (χ2n) is 7.83. The number of benzene rings is 1. The number of piperazine rings is 1. The highest BCUT2D eigenvalue weighted by Crippen LogP contribution is 2.32. The number of hydrogen-bond donors (Lipinski definition) is 2. The van der Waals surface area contributed by atoms with E-state index in [1.54, 1.807) is 6.08 Å². The quantitative estimate of drug-likeness (QED) is 0.783. The van der Waals surface area contributed by atoms with Gasteiger partial charge in [0.2, 0.25) is 15.9 Å². The minimum absolute atomic E-state index is 0.00474. The van der Waals surface area contributed by atoms with Crippen LogP contribution < -0.4 is 10.9 Å². The number of fused-ring (bicyclic) bond motifs is 1. The van der Waals surface area contributed by atoms with Crippen molar-refractivity contribution in [3.8, 4) is 0 Å². The van der Waals surface area contributed by atoms with Crippen LogP contribution >= 0.6 is 0 Å². The van der Waals surface area contributed by atoms with Gasteiger partial charge in [0.25, 0.3) is 0 Å². The molecule has 4 rings (SSSR count). The number of carbonyl (C=O) groups is 1. The third-order valence-electron chi connectivity index (χ3n) is 6.12. The maximum atomic E-state index is 13.0. The van der Waals surface area contributed by atoms with Gasteiger partial charge in [0.15, 0.2) is 0 Å². The summed E-state index contributed by atoms with van der Waals surface area (Å²) in [7, 11) is -3.48. The molecule has 0 aromatic heterocycles. The predicted octanol–water partition coefficient (Wildman–Crippen LogP) is 1.02. The van der Waals surface area contributed by atoms with Crippen molar-refractivity contribution in [2.45, 2.75) is 25.3 Å². The highest BCUT2D eigenvalue weighted by molar-refractivity contribution is 7.92. The predicted molar refractivity (Wildman–Crippen MR) is 108 cm³/mol. The van der Waals surface area contributed by atoms with Crippen LogP contribution in [0.1, 0.15) is 24.8 Å². The molecule has 3 unspecified atom stereocenters. The third kappa shape index (κ3) is 4.15. The molecule has 1 amide bonds. The summed E-state index contributed by atoms with van der Waals surface area (Å²) in [6.45, 7) is 2.53. The summed E-state index contributed by atoms with van der Waals surface area (Å²) in [5.41, 5.74) is 7.32. The fourth-order valence-electron chi connectivity index (χ4n) is 4.53. The SMILES string of the molecule is O=C(C1CCCC2CNNC21)N1CCN(S(=O)(=O)/C=C/c2ccccc2)CC1. The first kappa shape index (κ1) is 19.6. The molecule has 0 spiro atoms. The van der Waals surface area contributed by atoms with Crippen molar-refractivity contribution < 1.29 is 13.2 Å². The highest BCUT2D eigenvalue weighted by atomic mass is 32.2. The van der Waals surface area contributed by atoms with E-state index in [2.05, 4.69) is 10.9 Å². The molecule has 7 nitrogen and oxygen atoms in total. The van der Waals surface area contributed by atoms with Crippen molar-refractivity contribution >= 4 is 22.0 Å². The number of amides is 1. The van der Waals surface area contributed by atoms with E-state index in [0.29, 0.717) is 32.1 Å². The van der Waals surface area contributed by atoms with E-state index in [4.69, 9.17) is 0 Å². The number of hydrogen-bond acceptors (Lipinski definition) is 5. The molecular weight excluding hydrogens is 376 g/mol. The van der Waals surface area contributed by atoms with Crippen LogP contribution in [0.3, 0.4) is 0 Å². The Bertz CT molecular complexity index is 819. The Hall–Kier alpha value is -1.74. The number of carbonyl (C=O) groups excluding carboxylic acids is 1. The van der Waals surface area contributed by atoms with E-state index in [0.717, 1.165) is 31.4 Å². The van der Waals surface area contributed by atoms with Crippen LogP contribution in [0.5, 0.6) is 0 Å². The fraction of sp³-hybridized carbons (Fsp3) is 0.550. The lowest BCUT2D eigenvalue weighted by atomic mass is 9.77. The maximum Gasteiger partial charge on any atom is 0.236 e. The Morgan fingerprint density at radius 1 is 1.07 bits per heavy atom. The van der Waals surface area contributed by atoms with Crippen molar-refractivity contribution in [1.82, 2.24) is 20.1 Å². The molecule has 28 heavy (non-hydrogen) atoms. The zero-order valence-electron chi connectivity index (χ0n) is 16.0. The molecule has 2 N–H and O–H groups in total. The number of nitrogens with one attached hydrogen (secondary N) is 2. The van der Waals surface area contributed by atoms with Crippen molar-refractivity contribution in [2.24, 2.45) is 11.8 Å². The summed E-state index contributed by atoms with van der Waals surface area (Å²) < 4.78 is 26.7. The minimum Gasteiger partial charge on any atom is -0.340 e. The maximum absolute atomic E-state index is 13.0. The van der Waals surface area contributed by atoms with Gasteiger partial charge in [0, 0.05) is 44.2 Å². The van der Waals surface area contributed by atoms with Gasteiger partial charge in [0.05, 0.1) is 5.92 Å². The van der Waals surface area contributed by atoms with Crippen LogP contribution in [0.15, 0.2) is 35.7 Å². The molecule has 2 heterocycles. The van der Waals surface area contributed by atoms with Crippen LogP contribution in [0.25, 0.3) is 6.08 Å². The molecule has 0 bridgehead atoms. The summed E-state index contributed by atoms with van der Waals surface area (Å²) in [6.07, 6.45) is 4.77. The van der Waals surface area contributed by atoms with Gasteiger partial charge in [-0.05, 0) is 30.4 Å². The van der Waals surface area contributed by atoms with Crippen molar-refractivity contribution in [3.05, 3.63) is 41.3 Å². The molecule has 1 aromatic carbocycles. The van der Waals surface area contributed by atoms with Gasteiger partial charge in [-0.15, -0.1) is 0 Å². The average molecular weight is 405 g/mol. The average Bonchev–Trinajstić information content (AvgIpc) is 3.22. The Kier molecular flexibility index (Phi) is 5.82. The molecule has 3 aliphatic rings. The summed E-state index contributed by atoms with van der Waals surface area (Å²) in [6, 6.07) is 9.59. The Balaban J connectivity index is 1.35. The zero-order valence-corrected chi connectivity index (χ0v) is 16.8. The van der Waals surface area contributed by atoms with Crippen LogP contribution in [-0.4, -0.2) is 62.3 Å². The van der Waals surface area contributed by atoms with Gasteiger partial charge in [0.1, 0.15) is 0 Å². The van der Waals surface area contributed by atoms with Crippen molar-refractivity contribution in [1.29, 1.82) is 0 Å².